The number of nitrogens with one attached hydrogen (secondary N) is 1. The van der Waals surface area contributed by atoms with Crippen molar-refractivity contribution in [2.45, 2.75) is 25.5 Å². The molecule has 0 bridgehead atoms. The molecular formula is C20H28ClNO4. The summed E-state index contributed by atoms with van der Waals surface area (Å²) in [6.07, 6.45) is 0.264. The first kappa shape index (κ1) is 22.1. The first-order valence-electron chi connectivity index (χ1n) is 8.42. The monoisotopic (exact) mass is 381 g/mol. The summed E-state index contributed by atoms with van der Waals surface area (Å²) in [6.45, 7) is 2.82. The van der Waals surface area contributed by atoms with Crippen LogP contribution in [0.5, 0.6) is 17.2 Å². The van der Waals surface area contributed by atoms with E-state index >= 15 is 0 Å². The van der Waals surface area contributed by atoms with E-state index in [1.807, 2.05) is 48.5 Å². The second-order valence-corrected chi connectivity index (χ2v) is 5.98. The summed E-state index contributed by atoms with van der Waals surface area (Å²) in [5.74, 6) is 2.21. The number of rotatable bonds is 10. The lowest BCUT2D eigenvalue weighted by Crippen LogP contribution is -2.37. The van der Waals surface area contributed by atoms with Crippen LogP contribution in [0.25, 0.3) is 0 Å². The Morgan fingerprint density at radius 1 is 1.00 bits per heavy atom. The quantitative estimate of drug-likeness (QED) is 0.662. The molecule has 0 aliphatic heterocycles. The molecule has 0 saturated carbocycles. The van der Waals surface area contributed by atoms with E-state index in [0.29, 0.717) is 6.54 Å². The van der Waals surface area contributed by atoms with Crippen molar-refractivity contribution in [1.82, 2.24) is 5.32 Å². The van der Waals surface area contributed by atoms with Crippen LogP contribution in [0.3, 0.4) is 0 Å². The molecular weight excluding hydrogens is 354 g/mol. The summed E-state index contributed by atoms with van der Waals surface area (Å²) in [4.78, 5) is 0. The normalized spacial score (nSPS) is 12.6. The number of aliphatic hydroxyl groups excluding tert-OH is 1. The van der Waals surface area contributed by atoms with Crippen molar-refractivity contribution in [2.24, 2.45) is 0 Å². The van der Waals surface area contributed by atoms with Gasteiger partial charge in [-0.3, -0.25) is 0 Å². The van der Waals surface area contributed by atoms with Gasteiger partial charge >= 0.3 is 0 Å². The van der Waals surface area contributed by atoms with Crippen molar-refractivity contribution in [3.8, 4) is 17.2 Å². The van der Waals surface area contributed by atoms with Crippen LogP contribution >= 0.6 is 12.4 Å². The largest absolute Gasteiger partial charge is 0.493 e. The second kappa shape index (κ2) is 11.6. The van der Waals surface area contributed by atoms with Crippen LogP contribution in [-0.2, 0) is 6.42 Å². The summed E-state index contributed by atoms with van der Waals surface area (Å²) >= 11 is 0. The standard InChI is InChI=1S/C20H27NO4.ClH/c1-15(11-16-9-10-19(23-2)20(12-16)24-3)21-13-17(22)14-25-18-7-5-4-6-8-18;/h4-10,12,15,17,21-22H,11,13-14H2,1-3H3;1H. The third-order valence-corrected chi connectivity index (χ3v) is 3.88. The fourth-order valence-corrected chi connectivity index (χ4v) is 2.54. The topological polar surface area (TPSA) is 60.0 Å². The van der Waals surface area contributed by atoms with Gasteiger partial charge in [0.2, 0.25) is 0 Å². The highest BCUT2D eigenvalue weighted by molar-refractivity contribution is 5.85. The maximum atomic E-state index is 10.1. The molecule has 0 saturated heterocycles. The third kappa shape index (κ3) is 7.12. The molecule has 2 unspecified atom stereocenters. The Bertz CT molecular complexity index is 639. The predicted molar refractivity (Wildman–Crippen MR) is 106 cm³/mol. The fraction of sp³-hybridized carbons (Fsp3) is 0.400. The van der Waals surface area contributed by atoms with E-state index in [1.54, 1.807) is 14.2 Å². The van der Waals surface area contributed by atoms with Crippen molar-refractivity contribution >= 4 is 12.4 Å². The molecule has 0 fully saturated rings. The lowest BCUT2D eigenvalue weighted by atomic mass is 10.1. The van der Waals surface area contributed by atoms with Gasteiger partial charge in [0.15, 0.2) is 11.5 Å². The van der Waals surface area contributed by atoms with E-state index < -0.39 is 6.10 Å². The van der Waals surface area contributed by atoms with Gasteiger partial charge in [-0.1, -0.05) is 24.3 Å². The van der Waals surface area contributed by atoms with Gasteiger partial charge < -0.3 is 24.6 Å². The lowest BCUT2D eigenvalue weighted by molar-refractivity contribution is 0.104. The zero-order valence-electron chi connectivity index (χ0n) is 15.5. The number of halogens is 1. The fourth-order valence-electron chi connectivity index (χ4n) is 2.54. The molecule has 144 valence electrons. The number of hydrogen-bond donors (Lipinski definition) is 2. The molecule has 0 aliphatic carbocycles. The highest BCUT2D eigenvalue weighted by Gasteiger charge is 2.10. The molecule has 0 amide bonds. The molecule has 6 heteroatoms. The molecule has 0 spiro atoms. The highest BCUT2D eigenvalue weighted by atomic mass is 35.5. The van der Waals surface area contributed by atoms with E-state index in [4.69, 9.17) is 14.2 Å². The van der Waals surface area contributed by atoms with E-state index in [-0.39, 0.29) is 25.1 Å². The van der Waals surface area contributed by atoms with Crippen molar-refractivity contribution < 1.29 is 19.3 Å². The molecule has 2 aromatic rings. The van der Waals surface area contributed by atoms with Crippen LogP contribution in [0.4, 0.5) is 0 Å². The van der Waals surface area contributed by atoms with Crippen LogP contribution in [0, 0.1) is 0 Å². The Morgan fingerprint density at radius 3 is 2.35 bits per heavy atom. The minimum atomic E-state index is -0.562. The van der Waals surface area contributed by atoms with Gasteiger partial charge in [0.25, 0.3) is 0 Å². The summed E-state index contributed by atoms with van der Waals surface area (Å²) in [5, 5.41) is 13.4. The maximum absolute atomic E-state index is 10.1. The smallest absolute Gasteiger partial charge is 0.160 e. The zero-order valence-corrected chi connectivity index (χ0v) is 16.3. The number of benzene rings is 2. The number of hydrogen-bond acceptors (Lipinski definition) is 5. The van der Waals surface area contributed by atoms with Crippen LogP contribution in [0.2, 0.25) is 0 Å². The molecule has 0 aliphatic rings. The Morgan fingerprint density at radius 2 is 1.69 bits per heavy atom. The first-order valence-corrected chi connectivity index (χ1v) is 8.42. The summed E-state index contributed by atoms with van der Waals surface area (Å²) < 4.78 is 16.1. The summed E-state index contributed by atoms with van der Waals surface area (Å²) in [6, 6.07) is 15.6. The lowest BCUT2D eigenvalue weighted by Gasteiger charge is -2.18. The van der Waals surface area contributed by atoms with Gasteiger partial charge in [-0.25, -0.2) is 0 Å². The molecule has 2 atom stereocenters. The minimum Gasteiger partial charge on any atom is -0.493 e. The third-order valence-electron chi connectivity index (χ3n) is 3.88. The molecule has 2 aromatic carbocycles. The van der Waals surface area contributed by atoms with Gasteiger partial charge in [0.1, 0.15) is 18.5 Å². The Hall–Kier alpha value is -1.95. The maximum Gasteiger partial charge on any atom is 0.160 e. The highest BCUT2D eigenvalue weighted by Crippen LogP contribution is 2.27. The van der Waals surface area contributed by atoms with Gasteiger partial charge in [0, 0.05) is 12.6 Å². The van der Waals surface area contributed by atoms with E-state index in [9.17, 15) is 5.11 Å². The number of methoxy groups -OCH3 is 2. The van der Waals surface area contributed by atoms with Crippen LogP contribution in [-0.4, -0.2) is 44.6 Å². The van der Waals surface area contributed by atoms with Gasteiger partial charge in [-0.15, -0.1) is 12.4 Å². The Labute approximate surface area is 161 Å². The predicted octanol–water partition coefficient (Wildman–Crippen LogP) is 3.09. The van der Waals surface area contributed by atoms with Crippen molar-refractivity contribution in [2.75, 3.05) is 27.4 Å². The molecule has 2 N–H and O–H groups in total. The second-order valence-electron chi connectivity index (χ2n) is 5.98. The van der Waals surface area contributed by atoms with Crippen LogP contribution in [0.1, 0.15) is 12.5 Å². The number of aliphatic hydroxyl groups is 1. The number of ether oxygens (including phenoxy) is 3. The van der Waals surface area contributed by atoms with Crippen molar-refractivity contribution in [1.29, 1.82) is 0 Å². The zero-order chi connectivity index (χ0) is 18.1. The SMILES string of the molecule is COc1ccc(CC(C)NCC(O)COc2ccccc2)cc1OC.Cl. The minimum absolute atomic E-state index is 0. The molecule has 26 heavy (non-hydrogen) atoms. The van der Waals surface area contributed by atoms with E-state index in [1.165, 1.54) is 0 Å². The summed E-state index contributed by atoms with van der Waals surface area (Å²) in [5.41, 5.74) is 1.15. The molecule has 0 aromatic heterocycles. The van der Waals surface area contributed by atoms with E-state index in [0.717, 1.165) is 29.2 Å². The van der Waals surface area contributed by atoms with Crippen LogP contribution < -0.4 is 19.5 Å². The first-order chi connectivity index (χ1) is 12.1. The Kier molecular flexibility index (Phi) is 9.88. The molecule has 0 radical (unpaired) electrons. The molecule has 5 nitrogen and oxygen atoms in total. The molecule has 2 rings (SSSR count). The van der Waals surface area contributed by atoms with Gasteiger partial charge in [-0.05, 0) is 43.2 Å². The van der Waals surface area contributed by atoms with Crippen molar-refractivity contribution in [3.63, 3.8) is 0 Å². The van der Waals surface area contributed by atoms with E-state index in [2.05, 4.69) is 12.2 Å². The average molecular weight is 382 g/mol. The average Bonchev–Trinajstić information content (AvgIpc) is 2.65. The Balaban J connectivity index is 0.00000338. The van der Waals surface area contributed by atoms with Gasteiger partial charge in [-0.2, -0.15) is 0 Å². The summed E-state index contributed by atoms with van der Waals surface area (Å²) in [7, 11) is 3.26. The van der Waals surface area contributed by atoms with Crippen LogP contribution in [0.15, 0.2) is 48.5 Å². The van der Waals surface area contributed by atoms with Gasteiger partial charge in [0.05, 0.1) is 14.2 Å². The number of para-hydroxylation sites is 1. The molecule has 0 heterocycles. The van der Waals surface area contributed by atoms with Crippen molar-refractivity contribution in [3.05, 3.63) is 54.1 Å².